The molecule has 0 radical (unpaired) electrons. The molecule has 1 heterocycles. The van der Waals surface area contributed by atoms with Crippen LogP contribution in [0, 0.1) is 0 Å². The molecule has 2 atom stereocenters. The second-order valence-corrected chi connectivity index (χ2v) is 6.00. The molecule has 0 spiro atoms. The van der Waals surface area contributed by atoms with E-state index < -0.39 is 0 Å². The fraction of sp³-hybridized carbons (Fsp3) is 0.727. The molecule has 2 unspecified atom stereocenters. The summed E-state index contributed by atoms with van der Waals surface area (Å²) in [5.74, 6) is 0. The highest BCUT2D eigenvalue weighted by atomic mass is 35.5. The Bertz CT molecular complexity index is 350. The molecule has 0 N–H and O–H groups in total. The fourth-order valence-electron chi connectivity index (χ4n) is 1.52. The van der Waals surface area contributed by atoms with Gasteiger partial charge in [-0.25, -0.2) is 0 Å². The third-order valence-corrected chi connectivity index (χ3v) is 4.43. The summed E-state index contributed by atoms with van der Waals surface area (Å²) in [5, 5.41) is 0.101. The highest BCUT2D eigenvalue weighted by Gasteiger charge is 2.15. The molecule has 2 nitrogen and oxygen atoms in total. The molecule has 0 saturated carbocycles. The van der Waals surface area contributed by atoms with Gasteiger partial charge < -0.3 is 3.96 Å². The summed E-state index contributed by atoms with van der Waals surface area (Å²) in [5.41, 5.74) is 0. The van der Waals surface area contributed by atoms with Crippen molar-refractivity contribution in [2.45, 2.75) is 49.9 Å². The van der Waals surface area contributed by atoms with E-state index in [1.807, 2.05) is 10.2 Å². The summed E-state index contributed by atoms with van der Waals surface area (Å²) in [6, 6.07) is 1.59. The first-order chi connectivity index (χ1) is 7.63. The minimum atomic E-state index is 0.0360. The van der Waals surface area contributed by atoms with Crippen LogP contribution in [-0.2, 0) is 6.54 Å². The van der Waals surface area contributed by atoms with Gasteiger partial charge in [-0.1, -0.05) is 13.3 Å². The van der Waals surface area contributed by atoms with Crippen LogP contribution in [0.2, 0.25) is 0 Å². The summed E-state index contributed by atoms with van der Waals surface area (Å²) >= 11 is 13.6. The van der Waals surface area contributed by atoms with Crippen LogP contribution in [0.15, 0.2) is 17.1 Å². The third kappa shape index (κ3) is 4.89. The Kier molecular flexibility index (Phi) is 6.47. The van der Waals surface area contributed by atoms with Crippen LogP contribution in [0.1, 0.15) is 32.6 Å². The number of halogens is 2. The quantitative estimate of drug-likeness (QED) is 0.699. The minimum absolute atomic E-state index is 0.0360. The van der Waals surface area contributed by atoms with E-state index in [1.165, 1.54) is 11.5 Å². The van der Waals surface area contributed by atoms with Crippen molar-refractivity contribution in [2.75, 3.05) is 0 Å². The SMILES string of the molecule is CCCC(Cl)C(Cl)CCCn1ccc(=O)s1. The van der Waals surface area contributed by atoms with E-state index in [4.69, 9.17) is 23.2 Å². The van der Waals surface area contributed by atoms with Gasteiger partial charge >= 0.3 is 0 Å². The van der Waals surface area contributed by atoms with E-state index in [0.29, 0.717) is 0 Å². The Hall–Kier alpha value is 0.01000. The number of rotatable bonds is 7. The molecule has 0 bridgehead atoms. The van der Waals surface area contributed by atoms with Gasteiger partial charge in [0.05, 0.1) is 0 Å². The molecule has 1 aromatic rings. The molecule has 1 aromatic heterocycles. The first kappa shape index (κ1) is 14.1. The van der Waals surface area contributed by atoms with Crippen LogP contribution in [-0.4, -0.2) is 14.7 Å². The summed E-state index contributed by atoms with van der Waals surface area (Å²) in [7, 11) is 0. The predicted octanol–water partition coefficient (Wildman–Crippen LogP) is 3.70. The van der Waals surface area contributed by atoms with Gasteiger partial charge in [0, 0.05) is 29.6 Å². The van der Waals surface area contributed by atoms with E-state index >= 15 is 0 Å². The monoisotopic (exact) mass is 281 g/mol. The lowest BCUT2D eigenvalue weighted by Crippen LogP contribution is -2.15. The molecule has 0 aromatic carbocycles. The van der Waals surface area contributed by atoms with E-state index in [9.17, 15) is 4.79 Å². The average molecular weight is 282 g/mol. The van der Waals surface area contributed by atoms with E-state index in [1.54, 1.807) is 6.07 Å². The average Bonchev–Trinajstić information content (AvgIpc) is 2.64. The van der Waals surface area contributed by atoms with Crippen LogP contribution >= 0.6 is 34.7 Å². The number of hydrogen-bond donors (Lipinski definition) is 0. The van der Waals surface area contributed by atoms with E-state index in [-0.39, 0.29) is 15.5 Å². The second-order valence-electron chi connectivity index (χ2n) is 3.83. The molecule has 0 aliphatic heterocycles. The molecule has 0 saturated heterocycles. The highest BCUT2D eigenvalue weighted by molar-refractivity contribution is 7.03. The van der Waals surface area contributed by atoms with E-state index in [0.717, 1.165) is 32.2 Å². The van der Waals surface area contributed by atoms with Crippen LogP contribution in [0.3, 0.4) is 0 Å². The number of hydrogen-bond acceptors (Lipinski definition) is 2. The van der Waals surface area contributed by atoms with E-state index in [2.05, 4.69) is 6.92 Å². The first-order valence-electron chi connectivity index (χ1n) is 5.58. The molecule has 0 aliphatic rings. The zero-order valence-corrected chi connectivity index (χ0v) is 11.7. The summed E-state index contributed by atoms with van der Waals surface area (Å²) in [6.45, 7) is 2.96. The van der Waals surface area contributed by atoms with Crippen molar-refractivity contribution in [3.05, 3.63) is 21.8 Å². The third-order valence-electron chi connectivity index (χ3n) is 2.40. The summed E-state index contributed by atoms with van der Waals surface area (Å²) in [4.78, 5) is 10.9. The van der Waals surface area contributed by atoms with Crippen molar-refractivity contribution in [3.8, 4) is 0 Å². The molecule has 16 heavy (non-hydrogen) atoms. The number of alkyl halides is 2. The van der Waals surface area contributed by atoms with Crippen molar-refractivity contribution < 1.29 is 0 Å². The minimum Gasteiger partial charge on any atom is -0.302 e. The summed E-state index contributed by atoms with van der Waals surface area (Å²) in [6.07, 6.45) is 5.71. The molecule has 0 aliphatic carbocycles. The number of aromatic nitrogens is 1. The predicted molar refractivity (Wildman–Crippen MR) is 72.0 cm³/mol. The molecule has 92 valence electrons. The normalized spacial score (nSPS) is 14.9. The van der Waals surface area contributed by atoms with Gasteiger partial charge in [0.25, 0.3) is 0 Å². The van der Waals surface area contributed by atoms with Crippen LogP contribution in [0.25, 0.3) is 0 Å². The summed E-state index contributed by atoms with van der Waals surface area (Å²) < 4.78 is 2.04. The van der Waals surface area contributed by atoms with Crippen molar-refractivity contribution in [2.24, 2.45) is 0 Å². The van der Waals surface area contributed by atoms with Gasteiger partial charge in [-0.15, -0.1) is 23.2 Å². The van der Waals surface area contributed by atoms with Crippen molar-refractivity contribution in [1.82, 2.24) is 3.96 Å². The van der Waals surface area contributed by atoms with Crippen molar-refractivity contribution in [1.29, 1.82) is 0 Å². The molecule has 0 amide bonds. The van der Waals surface area contributed by atoms with Crippen molar-refractivity contribution >= 4 is 34.7 Å². The standard InChI is InChI=1S/C11H17Cl2NOS/c1-2-4-9(12)10(13)5-3-7-14-8-6-11(15)16-14/h6,8-10H,2-5,7H2,1H3. The number of nitrogens with zero attached hydrogens (tertiary/aromatic N) is 1. The van der Waals surface area contributed by atoms with Crippen LogP contribution in [0.5, 0.6) is 0 Å². The van der Waals surface area contributed by atoms with Gasteiger partial charge in [-0.2, -0.15) is 0 Å². The van der Waals surface area contributed by atoms with Gasteiger partial charge in [-0.05, 0) is 30.8 Å². The van der Waals surface area contributed by atoms with Crippen molar-refractivity contribution in [3.63, 3.8) is 0 Å². The van der Waals surface area contributed by atoms with Crippen LogP contribution in [0.4, 0.5) is 0 Å². The van der Waals surface area contributed by atoms with Gasteiger partial charge in [0.15, 0.2) is 0 Å². The van der Waals surface area contributed by atoms with Gasteiger partial charge in [0.1, 0.15) is 0 Å². The smallest absolute Gasteiger partial charge is 0.249 e. The van der Waals surface area contributed by atoms with Gasteiger partial charge in [-0.3, -0.25) is 4.79 Å². The first-order valence-corrected chi connectivity index (χ1v) is 7.23. The fourth-order valence-corrected chi connectivity index (χ4v) is 2.84. The molecule has 1 rings (SSSR count). The van der Waals surface area contributed by atoms with Gasteiger partial charge in [0.2, 0.25) is 4.74 Å². The second kappa shape index (κ2) is 7.36. The highest BCUT2D eigenvalue weighted by Crippen LogP contribution is 2.20. The Morgan fingerprint density at radius 3 is 2.62 bits per heavy atom. The zero-order chi connectivity index (χ0) is 12.0. The lowest BCUT2D eigenvalue weighted by molar-refractivity contribution is 0.584. The molecular weight excluding hydrogens is 265 g/mol. The maximum absolute atomic E-state index is 10.9. The Labute approximate surface area is 110 Å². The van der Waals surface area contributed by atoms with Crippen LogP contribution < -0.4 is 4.74 Å². The lowest BCUT2D eigenvalue weighted by Gasteiger charge is -2.14. The number of aryl methyl sites for hydroxylation is 1. The Morgan fingerprint density at radius 2 is 2.06 bits per heavy atom. The maximum Gasteiger partial charge on any atom is 0.249 e. The molecular formula is C11H17Cl2NOS. The largest absolute Gasteiger partial charge is 0.302 e. The molecule has 0 fully saturated rings. The Morgan fingerprint density at radius 1 is 1.38 bits per heavy atom. The Balaban J connectivity index is 2.22. The lowest BCUT2D eigenvalue weighted by atomic mass is 10.1. The maximum atomic E-state index is 10.9. The zero-order valence-electron chi connectivity index (χ0n) is 9.36. The topological polar surface area (TPSA) is 22.0 Å². The molecule has 5 heteroatoms.